The Morgan fingerprint density at radius 3 is 2.60 bits per heavy atom. The maximum absolute atomic E-state index is 13.1. The van der Waals surface area contributed by atoms with E-state index in [-0.39, 0.29) is 42.1 Å². The van der Waals surface area contributed by atoms with Gasteiger partial charge >= 0.3 is 0 Å². The number of rotatable bonds is 5. The van der Waals surface area contributed by atoms with Crippen molar-refractivity contribution in [2.45, 2.75) is 26.2 Å². The summed E-state index contributed by atoms with van der Waals surface area (Å²) in [6.45, 7) is 5.45. The molecule has 5 nitrogen and oxygen atoms in total. The third-order valence-corrected chi connectivity index (χ3v) is 4.28. The number of aliphatic imine (C=N–C) groups is 1. The number of hydrogen-bond donors (Lipinski definition) is 2. The second-order valence-corrected chi connectivity index (χ2v) is 6.30. The van der Waals surface area contributed by atoms with E-state index in [1.54, 1.807) is 19.2 Å². The lowest BCUT2D eigenvalue weighted by Crippen LogP contribution is -2.47. The summed E-state index contributed by atoms with van der Waals surface area (Å²) >= 11 is 0. The van der Waals surface area contributed by atoms with Crippen molar-refractivity contribution in [2.24, 2.45) is 10.9 Å². The van der Waals surface area contributed by atoms with Gasteiger partial charge in [-0.2, -0.15) is 0 Å². The SMILES string of the molecule is CN=C(NCCNC(=O)Cc1cccc(F)c1)N1CCC(C)CC1.I. The Labute approximate surface area is 166 Å². The number of guanidine groups is 1. The second-order valence-electron chi connectivity index (χ2n) is 6.30. The molecule has 1 aliphatic rings. The minimum Gasteiger partial charge on any atom is -0.354 e. The molecule has 1 heterocycles. The number of nitrogens with zero attached hydrogens (tertiary/aromatic N) is 2. The first kappa shape index (κ1) is 21.7. The van der Waals surface area contributed by atoms with Crippen molar-refractivity contribution in [3.05, 3.63) is 35.6 Å². The van der Waals surface area contributed by atoms with Crippen LogP contribution in [0.2, 0.25) is 0 Å². The summed E-state index contributed by atoms with van der Waals surface area (Å²) < 4.78 is 13.1. The molecular weight excluding hydrogens is 434 g/mol. The Hall–Kier alpha value is -1.38. The summed E-state index contributed by atoms with van der Waals surface area (Å²) in [6, 6.07) is 6.12. The largest absolute Gasteiger partial charge is 0.354 e. The second kappa shape index (κ2) is 11.3. The van der Waals surface area contributed by atoms with Gasteiger partial charge in [0.15, 0.2) is 5.96 Å². The summed E-state index contributed by atoms with van der Waals surface area (Å²) in [7, 11) is 1.78. The molecule has 1 aromatic rings. The molecule has 1 aromatic carbocycles. The number of hydrogen-bond acceptors (Lipinski definition) is 2. The van der Waals surface area contributed by atoms with Crippen LogP contribution in [0.1, 0.15) is 25.3 Å². The summed E-state index contributed by atoms with van der Waals surface area (Å²) in [4.78, 5) is 18.4. The van der Waals surface area contributed by atoms with E-state index in [0.717, 1.165) is 25.0 Å². The quantitative estimate of drug-likeness (QED) is 0.306. The fourth-order valence-electron chi connectivity index (χ4n) is 2.82. The first-order valence-corrected chi connectivity index (χ1v) is 8.55. The number of carbonyl (C=O) groups excluding carboxylic acids is 1. The molecule has 0 saturated carbocycles. The molecule has 1 aliphatic heterocycles. The van der Waals surface area contributed by atoms with Crippen LogP contribution < -0.4 is 10.6 Å². The highest BCUT2D eigenvalue weighted by atomic mass is 127. The van der Waals surface area contributed by atoms with Crippen LogP contribution in [-0.2, 0) is 11.2 Å². The average Bonchev–Trinajstić information content (AvgIpc) is 2.56. The minimum absolute atomic E-state index is 0. The van der Waals surface area contributed by atoms with Gasteiger partial charge in [-0.25, -0.2) is 4.39 Å². The number of halogens is 2. The van der Waals surface area contributed by atoms with Gasteiger partial charge in [0.05, 0.1) is 6.42 Å². The lowest BCUT2D eigenvalue weighted by molar-refractivity contribution is -0.120. The van der Waals surface area contributed by atoms with Gasteiger partial charge in [0.25, 0.3) is 0 Å². The molecule has 0 unspecified atom stereocenters. The smallest absolute Gasteiger partial charge is 0.224 e. The van der Waals surface area contributed by atoms with Gasteiger partial charge in [0.1, 0.15) is 5.82 Å². The maximum atomic E-state index is 13.1. The van der Waals surface area contributed by atoms with E-state index in [0.29, 0.717) is 18.7 Å². The lowest BCUT2D eigenvalue weighted by atomic mass is 10.00. The highest BCUT2D eigenvalue weighted by molar-refractivity contribution is 14.0. The summed E-state index contributed by atoms with van der Waals surface area (Å²) in [5.74, 6) is 1.24. The van der Waals surface area contributed by atoms with Gasteiger partial charge in [-0.3, -0.25) is 9.79 Å². The molecule has 1 amide bonds. The van der Waals surface area contributed by atoms with Gasteiger partial charge in [-0.1, -0.05) is 19.1 Å². The number of likely N-dealkylation sites (tertiary alicyclic amines) is 1. The molecule has 25 heavy (non-hydrogen) atoms. The van der Waals surface area contributed by atoms with Crippen molar-refractivity contribution in [3.8, 4) is 0 Å². The van der Waals surface area contributed by atoms with Gasteiger partial charge < -0.3 is 15.5 Å². The third kappa shape index (κ3) is 7.58. The zero-order chi connectivity index (χ0) is 17.4. The molecule has 140 valence electrons. The van der Waals surface area contributed by atoms with E-state index in [1.165, 1.54) is 25.0 Å². The normalized spacial score (nSPS) is 15.5. The van der Waals surface area contributed by atoms with Crippen molar-refractivity contribution in [1.82, 2.24) is 15.5 Å². The van der Waals surface area contributed by atoms with Gasteiger partial charge in [-0.15, -0.1) is 24.0 Å². The Morgan fingerprint density at radius 1 is 1.28 bits per heavy atom. The van der Waals surface area contributed by atoms with Crippen molar-refractivity contribution in [1.29, 1.82) is 0 Å². The zero-order valence-corrected chi connectivity index (χ0v) is 17.3. The Balaban J connectivity index is 0.00000312. The fourth-order valence-corrected chi connectivity index (χ4v) is 2.82. The van der Waals surface area contributed by atoms with E-state index < -0.39 is 0 Å². The summed E-state index contributed by atoms with van der Waals surface area (Å²) in [5.41, 5.74) is 0.679. The molecule has 0 radical (unpaired) electrons. The zero-order valence-electron chi connectivity index (χ0n) is 14.9. The average molecular weight is 462 g/mol. The first-order valence-electron chi connectivity index (χ1n) is 8.55. The van der Waals surface area contributed by atoms with Crippen molar-refractivity contribution in [3.63, 3.8) is 0 Å². The standard InChI is InChI=1S/C18H27FN4O.HI/c1-14-6-10-23(11-7-14)18(20-2)22-9-8-21-17(24)13-15-4-3-5-16(19)12-15;/h3-5,12,14H,6-11,13H2,1-2H3,(H,20,22)(H,21,24);1H. The summed E-state index contributed by atoms with van der Waals surface area (Å²) in [6.07, 6.45) is 2.56. The van der Waals surface area contributed by atoms with Crippen LogP contribution in [0.25, 0.3) is 0 Å². The topological polar surface area (TPSA) is 56.7 Å². The van der Waals surface area contributed by atoms with Crippen molar-refractivity contribution >= 4 is 35.8 Å². The van der Waals surface area contributed by atoms with E-state index in [1.807, 2.05) is 0 Å². The van der Waals surface area contributed by atoms with E-state index in [9.17, 15) is 9.18 Å². The molecule has 0 bridgehead atoms. The molecule has 0 aromatic heterocycles. The molecular formula is C18H28FIN4O. The van der Waals surface area contributed by atoms with E-state index in [4.69, 9.17) is 0 Å². The first-order chi connectivity index (χ1) is 11.6. The van der Waals surface area contributed by atoms with Crippen molar-refractivity contribution < 1.29 is 9.18 Å². The molecule has 0 atom stereocenters. The van der Waals surface area contributed by atoms with Crippen LogP contribution in [0.3, 0.4) is 0 Å². The molecule has 0 spiro atoms. The Kier molecular flexibility index (Phi) is 9.77. The van der Waals surface area contributed by atoms with Gasteiger partial charge in [0, 0.05) is 33.2 Å². The van der Waals surface area contributed by atoms with Crippen LogP contribution in [0.15, 0.2) is 29.3 Å². The van der Waals surface area contributed by atoms with E-state index >= 15 is 0 Å². The number of nitrogens with one attached hydrogen (secondary N) is 2. The van der Waals surface area contributed by atoms with Gasteiger partial charge in [-0.05, 0) is 36.5 Å². The number of amides is 1. The molecule has 2 N–H and O–H groups in total. The van der Waals surface area contributed by atoms with Crippen LogP contribution in [0.4, 0.5) is 4.39 Å². The molecule has 1 saturated heterocycles. The predicted molar refractivity (Wildman–Crippen MR) is 110 cm³/mol. The molecule has 2 rings (SSSR count). The molecule has 1 fully saturated rings. The highest BCUT2D eigenvalue weighted by Gasteiger charge is 2.18. The number of carbonyl (C=O) groups is 1. The highest BCUT2D eigenvalue weighted by Crippen LogP contribution is 2.15. The van der Waals surface area contributed by atoms with Crippen LogP contribution in [0.5, 0.6) is 0 Å². The number of benzene rings is 1. The minimum atomic E-state index is -0.318. The van der Waals surface area contributed by atoms with Gasteiger partial charge in [0.2, 0.25) is 5.91 Å². The maximum Gasteiger partial charge on any atom is 0.224 e. The van der Waals surface area contributed by atoms with Crippen LogP contribution in [0, 0.1) is 11.7 Å². The fraction of sp³-hybridized carbons (Fsp3) is 0.556. The molecule has 0 aliphatic carbocycles. The number of piperidine rings is 1. The lowest BCUT2D eigenvalue weighted by Gasteiger charge is -2.32. The monoisotopic (exact) mass is 462 g/mol. The van der Waals surface area contributed by atoms with Crippen LogP contribution in [-0.4, -0.2) is 50.0 Å². The van der Waals surface area contributed by atoms with Crippen LogP contribution >= 0.6 is 24.0 Å². The molecule has 7 heteroatoms. The third-order valence-electron chi connectivity index (χ3n) is 4.28. The Bertz CT molecular complexity index is 574. The summed E-state index contributed by atoms with van der Waals surface area (Å²) in [5, 5.41) is 6.13. The van der Waals surface area contributed by atoms with E-state index in [2.05, 4.69) is 27.4 Å². The predicted octanol–water partition coefficient (Wildman–Crippen LogP) is 2.41. The Morgan fingerprint density at radius 2 is 1.96 bits per heavy atom. The van der Waals surface area contributed by atoms with Crippen molar-refractivity contribution in [2.75, 3.05) is 33.2 Å².